The molecule has 2 heterocycles. The van der Waals surface area contributed by atoms with E-state index >= 15 is 0 Å². The number of amides is 1. The van der Waals surface area contributed by atoms with Gasteiger partial charge in [0, 0.05) is 15.3 Å². The molecule has 3 rings (SSSR count). The average Bonchev–Trinajstić information content (AvgIpc) is 2.82. The van der Waals surface area contributed by atoms with E-state index in [-0.39, 0.29) is 22.4 Å². The largest absolute Gasteiger partial charge is 0.323 e. The number of aryl methyl sites for hydroxylation is 3. The molecule has 0 bridgehead atoms. The van der Waals surface area contributed by atoms with Gasteiger partial charge in [0.2, 0.25) is 5.91 Å². The maximum Gasteiger partial charge on any atom is 0.234 e. The maximum absolute atomic E-state index is 13.8. The van der Waals surface area contributed by atoms with E-state index in [4.69, 9.17) is 11.6 Å². The van der Waals surface area contributed by atoms with E-state index in [1.165, 1.54) is 34.8 Å². The summed E-state index contributed by atoms with van der Waals surface area (Å²) in [5.74, 6) is -0.0711. The second-order valence-corrected chi connectivity index (χ2v) is 8.10. The molecule has 3 aromatic rings. The molecule has 0 aliphatic rings. The summed E-state index contributed by atoms with van der Waals surface area (Å²) in [5.41, 5.74) is 1.24. The van der Waals surface area contributed by atoms with Gasteiger partial charge in [-0.1, -0.05) is 23.4 Å². The van der Waals surface area contributed by atoms with Gasteiger partial charge in [-0.25, -0.2) is 14.4 Å². The van der Waals surface area contributed by atoms with Crippen molar-refractivity contribution in [2.75, 3.05) is 11.1 Å². The molecule has 1 aromatic carbocycles. The first-order chi connectivity index (χ1) is 11.8. The number of anilines is 1. The van der Waals surface area contributed by atoms with Gasteiger partial charge in [-0.15, -0.1) is 11.3 Å². The topological polar surface area (TPSA) is 54.9 Å². The van der Waals surface area contributed by atoms with Crippen molar-refractivity contribution in [3.05, 3.63) is 45.3 Å². The molecular formula is C17H15ClFN3OS2. The van der Waals surface area contributed by atoms with Crippen molar-refractivity contribution in [1.82, 2.24) is 9.97 Å². The summed E-state index contributed by atoms with van der Waals surface area (Å²) in [6.45, 7) is 5.90. The Morgan fingerprint density at radius 2 is 2.08 bits per heavy atom. The van der Waals surface area contributed by atoms with Crippen LogP contribution in [0.15, 0.2) is 23.2 Å². The molecule has 8 heteroatoms. The molecule has 4 nitrogen and oxygen atoms in total. The molecule has 0 atom stereocenters. The first kappa shape index (κ1) is 18.1. The zero-order valence-electron chi connectivity index (χ0n) is 13.8. The van der Waals surface area contributed by atoms with Crippen LogP contribution in [-0.2, 0) is 4.79 Å². The number of nitrogens with zero attached hydrogens (tertiary/aromatic N) is 2. The van der Waals surface area contributed by atoms with E-state index < -0.39 is 5.82 Å². The van der Waals surface area contributed by atoms with Crippen LogP contribution < -0.4 is 5.32 Å². The molecule has 0 aliphatic carbocycles. The van der Waals surface area contributed by atoms with E-state index in [1.54, 1.807) is 11.3 Å². The van der Waals surface area contributed by atoms with E-state index in [9.17, 15) is 9.18 Å². The maximum atomic E-state index is 13.8. The van der Waals surface area contributed by atoms with Gasteiger partial charge in [-0.05, 0) is 44.5 Å². The molecule has 25 heavy (non-hydrogen) atoms. The highest BCUT2D eigenvalue weighted by atomic mass is 35.5. The Kier molecular flexibility index (Phi) is 5.27. The van der Waals surface area contributed by atoms with Crippen LogP contribution in [0.1, 0.15) is 16.3 Å². The number of thioether (sulfide) groups is 1. The van der Waals surface area contributed by atoms with Gasteiger partial charge in [0.1, 0.15) is 21.5 Å². The Bertz CT molecular complexity index is 974. The Hall–Kier alpha value is -1.70. The molecule has 0 radical (unpaired) electrons. The third kappa shape index (κ3) is 3.94. The molecule has 1 amide bonds. The first-order valence-corrected chi connectivity index (χ1v) is 9.65. The van der Waals surface area contributed by atoms with Crippen molar-refractivity contribution in [1.29, 1.82) is 0 Å². The number of thiophene rings is 1. The molecule has 0 fully saturated rings. The Morgan fingerprint density at radius 3 is 2.80 bits per heavy atom. The summed E-state index contributed by atoms with van der Waals surface area (Å²) >= 11 is 8.65. The predicted molar refractivity (Wildman–Crippen MR) is 102 cm³/mol. The minimum atomic E-state index is -0.560. The zero-order chi connectivity index (χ0) is 18.1. The third-order valence-electron chi connectivity index (χ3n) is 3.65. The lowest BCUT2D eigenvalue weighted by Crippen LogP contribution is -2.15. The van der Waals surface area contributed by atoms with Crippen molar-refractivity contribution in [2.24, 2.45) is 0 Å². The van der Waals surface area contributed by atoms with Crippen LogP contribution >= 0.6 is 34.7 Å². The lowest BCUT2D eigenvalue weighted by atomic mass is 10.2. The molecule has 130 valence electrons. The monoisotopic (exact) mass is 395 g/mol. The van der Waals surface area contributed by atoms with Crippen molar-refractivity contribution in [3.8, 4) is 0 Å². The van der Waals surface area contributed by atoms with Gasteiger partial charge in [0.25, 0.3) is 0 Å². The van der Waals surface area contributed by atoms with Gasteiger partial charge in [-0.2, -0.15) is 0 Å². The standard InChI is InChI=1S/C17H15ClFN3OS2/c1-8-9(2)25-17-15(8)16(20-10(3)21-17)24-7-14(23)22-13-5-4-11(18)6-12(13)19/h4-6H,7H2,1-3H3,(H,22,23). The summed E-state index contributed by atoms with van der Waals surface area (Å²) in [5, 5.41) is 4.60. The molecule has 2 aromatic heterocycles. The van der Waals surface area contributed by atoms with Crippen LogP contribution in [0, 0.1) is 26.6 Å². The highest BCUT2D eigenvalue weighted by molar-refractivity contribution is 8.00. The number of carbonyl (C=O) groups excluding carboxylic acids is 1. The quantitative estimate of drug-likeness (QED) is 0.491. The second-order valence-electron chi connectivity index (χ2n) is 5.50. The van der Waals surface area contributed by atoms with E-state index in [1.807, 2.05) is 20.8 Å². The van der Waals surface area contributed by atoms with Crippen molar-refractivity contribution < 1.29 is 9.18 Å². The Labute approximate surface area is 157 Å². The fraction of sp³-hybridized carbons (Fsp3) is 0.235. The second kappa shape index (κ2) is 7.27. The number of aromatic nitrogens is 2. The molecule has 0 saturated heterocycles. The fourth-order valence-corrected chi connectivity index (χ4v) is 4.56. The van der Waals surface area contributed by atoms with Crippen LogP contribution in [0.4, 0.5) is 10.1 Å². The Balaban J connectivity index is 1.77. The van der Waals surface area contributed by atoms with Crippen LogP contribution in [-0.4, -0.2) is 21.6 Å². The van der Waals surface area contributed by atoms with Crippen LogP contribution in [0.25, 0.3) is 10.2 Å². The van der Waals surface area contributed by atoms with Crippen molar-refractivity contribution in [2.45, 2.75) is 25.8 Å². The number of benzene rings is 1. The average molecular weight is 396 g/mol. The zero-order valence-corrected chi connectivity index (χ0v) is 16.2. The van der Waals surface area contributed by atoms with Gasteiger partial charge in [-0.3, -0.25) is 4.79 Å². The van der Waals surface area contributed by atoms with Gasteiger partial charge < -0.3 is 5.32 Å². The van der Waals surface area contributed by atoms with Gasteiger partial charge in [0.05, 0.1) is 11.4 Å². The first-order valence-electron chi connectivity index (χ1n) is 7.47. The lowest BCUT2D eigenvalue weighted by Gasteiger charge is -2.07. The molecular weight excluding hydrogens is 381 g/mol. The smallest absolute Gasteiger partial charge is 0.234 e. The molecule has 0 aliphatic heterocycles. The third-order valence-corrected chi connectivity index (χ3v) is 5.96. The normalized spacial score (nSPS) is 11.1. The van der Waals surface area contributed by atoms with Crippen LogP contribution in [0.3, 0.4) is 0 Å². The fourth-order valence-electron chi connectivity index (χ4n) is 2.33. The van der Waals surface area contributed by atoms with E-state index in [0.717, 1.165) is 20.8 Å². The van der Waals surface area contributed by atoms with E-state index in [2.05, 4.69) is 15.3 Å². The minimum absolute atomic E-state index is 0.113. The highest BCUT2D eigenvalue weighted by Crippen LogP contribution is 2.35. The van der Waals surface area contributed by atoms with Crippen molar-refractivity contribution >= 4 is 56.5 Å². The number of nitrogens with one attached hydrogen (secondary N) is 1. The predicted octanol–water partition coefficient (Wildman–Crippen LogP) is 5.14. The van der Waals surface area contributed by atoms with Crippen LogP contribution in [0.2, 0.25) is 5.02 Å². The lowest BCUT2D eigenvalue weighted by molar-refractivity contribution is -0.113. The minimum Gasteiger partial charge on any atom is -0.323 e. The van der Waals surface area contributed by atoms with Gasteiger partial charge in [0.15, 0.2) is 0 Å². The van der Waals surface area contributed by atoms with Crippen molar-refractivity contribution in [3.63, 3.8) is 0 Å². The molecule has 1 N–H and O–H groups in total. The van der Waals surface area contributed by atoms with Gasteiger partial charge >= 0.3 is 0 Å². The number of rotatable bonds is 4. The highest BCUT2D eigenvalue weighted by Gasteiger charge is 2.15. The summed E-state index contributed by atoms with van der Waals surface area (Å²) < 4.78 is 13.8. The van der Waals surface area contributed by atoms with E-state index in [0.29, 0.717) is 5.82 Å². The summed E-state index contributed by atoms with van der Waals surface area (Å²) in [4.78, 5) is 23.2. The summed E-state index contributed by atoms with van der Waals surface area (Å²) in [6, 6.07) is 4.14. The summed E-state index contributed by atoms with van der Waals surface area (Å²) in [6.07, 6.45) is 0. The molecule has 0 spiro atoms. The SMILES string of the molecule is Cc1nc(SCC(=O)Nc2ccc(Cl)cc2F)c2c(C)c(C)sc2n1. The number of fused-ring (bicyclic) bond motifs is 1. The van der Waals surface area contributed by atoms with Crippen LogP contribution in [0.5, 0.6) is 0 Å². The molecule has 0 saturated carbocycles. The number of hydrogen-bond donors (Lipinski definition) is 1. The molecule has 0 unspecified atom stereocenters. The number of carbonyl (C=O) groups is 1. The number of hydrogen-bond acceptors (Lipinski definition) is 5. The Morgan fingerprint density at radius 1 is 1.32 bits per heavy atom. The number of halogens is 2. The summed E-state index contributed by atoms with van der Waals surface area (Å²) in [7, 11) is 0.